The van der Waals surface area contributed by atoms with Crippen LogP contribution in [0.1, 0.15) is 11.1 Å². The molecule has 0 aromatic heterocycles. The van der Waals surface area contributed by atoms with E-state index >= 15 is 0 Å². The van der Waals surface area contributed by atoms with Gasteiger partial charge in [0.15, 0.2) is 0 Å². The van der Waals surface area contributed by atoms with Gasteiger partial charge in [-0.05, 0) is 81.2 Å². The summed E-state index contributed by atoms with van der Waals surface area (Å²) in [5.41, 5.74) is 7.26. The molecule has 6 heteroatoms. The Bertz CT molecular complexity index is 2610. The van der Waals surface area contributed by atoms with Gasteiger partial charge in [-0.25, -0.2) is 0 Å². The Morgan fingerprint density at radius 1 is 0.344 bits per heavy atom. The van der Waals surface area contributed by atoms with Crippen LogP contribution in [0.3, 0.4) is 0 Å². The van der Waals surface area contributed by atoms with Crippen molar-refractivity contribution >= 4 is 74.0 Å². The van der Waals surface area contributed by atoms with E-state index in [1.807, 2.05) is 12.1 Å². The molecule has 10 rings (SSSR count). The largest absolute Gasteiger partial charge is 1.00 e. The van der Waals surface area contributed by atoms with Crippen LogP contribution in [0.25, 0.3) is 22.3 Å². The summed E-state index contributed by atoms with van der Waals surface area (Å²) in [6.45, 7) is 9.52. The summed E-state index contributed by atoms with van der Waals surface area (Å²) in [5, 5.41) is 12.0. The van der Waals surface area contributed by atoms with Crippen molar-refractivity contribution in [3.63, 3.8) is 0 Å². The predicted octanol–water partition coefficient (Wildman–Crippen LogP) is 9.57. The average Bonchev–Trinajstić information content (AvgIpc) is 3.70. The van der Waals surface area contributed by atoms with E-state index in [9.17, 15) is 0 Å². The normalized spacial score (nSPS) is 12.8. The zero-order valence-corrected chi connectivity index (χ0v) is 45.0. The number of hydrogen-bond acceptors (Lipinski definition) is 0. The molecule has 2 aliphatic rings. The third-order valence-electron chi connectivity index (χ3n) is 12.6. The second kappa shape index (κ2) is 22.2. The van der Waals surface area contributed by atoms with Gasteiger partial charge in [0.1, 0.15) is 28.5 Å². The van der Waals surface area contributed by atoms with Gasteiger partial charge in [0.05, 0.1) is 37.1 Å². The first-order valence-corrected chi connectivity index (χ1v) is 30.9. The number of fused-ring (bicyclic) bond motifs is 6. The summed E-state index contributed by atoms with van der Waals surface area (Å²) in [5.74, 6) is 4.99. The molecule has 0 radical (unpaired) electrons. The molecule has 0 unspecified atom stereocenters. The Morgan fingerprint density at radius 3 is 0.906 bits per heavy atom. The molecule has 0 aliphatic carbocycles. The van der Waals surface area contributed by atoms with Gasteiger partial charge in [-0.15, -0.1) is 35.4 Å². The summed E-state index contributed by atoms with van der Waals surface area (Å²) in [6, 6.07) is 74.5. The molecule has 0 saturated carbocycles. The van der Waals surface area contributed by atoms with Crippen molar-refractivity contribution in [2.75, 3.05) is 12.3 Å². The maximum Gasteiger partial charge on any atom is 1.00 e. The standard InChI is InChI=1S/C26H24P2.2C16H13Si.2Au/c1-5-13-23(14-6-1)27(24-15-7-2-8-16-24)21-22-28(25-17-9-3-10-18-25)26-19-11-4-12-20-26;2*1-4-12-9-10-14-13-7-5-6-8-15(13)17(2,3)16(14)11-12;;/h1-20H,21-22H2;2*5-11H,2-3H3;;/q;2*-1;2*+1/p+2. The van der Waals surface area contributed by atoms with Crippen molar-refractivity contribution in [1.82, 2.24) is 0 Å². The summed E-state index contributed by atoms with van der Waals surface area (Å²) in [6.07, 6.45) is 17.0. The zero-order valence-electron chi connectivity index (χ0n) is 36.6. The van der Waals surface area contributed by atoms with E-state index in [-0.39, 0.29) is 44.8 Å². The van der Waals surface area contributed by atoms with Gasteiger partial charge in [0.2, 0.25) is 0 Å². The molecular weight excluding hydrogens is 1210 g/mol. The zero-order chi connectivity index (χ0) is 43.1. The molecule has 2 aliphatic heterocycles. The van der Waals surface area contributed by atoms with Gasteiger partial charge in [0, 0.05) is 0 Å². The molecule has 0 saturated heterocycles. The summed E-state index contributed by atoms with van der Waals surface area (Å²) >= 11 is 0. The number of hydrogen-bond donors (Lipinski definition) is 0. The first-order chi connectivity index (χ1) is 30.2. The number of benzene rings is 8. The minimum atomic E-state index is -1.55. The molecule has 2 heterocycles. The Kier molecular flexibility index (Phi) is 17.1. The van der Waals surface area contributed by atoms with Crippen LogP contribution in [0, 0.1) is 24.7 Å². The smallest absolute Gasteiger partial charge is 0.366 e. The molecule has 0 nitrogen and oxygen atoms in total. The first-order valence-electron chi connectivity index (χ1n) is 21.5. The van der Waals surface area contributed by atoms with Crippen LogP contribution in [0.4, 0.5) is 0 Å². The fourth-order valence-corrected chi connectivity index (χ4v) is 21.7. The fourth-order valence-electron chi connectivity index (χ4n) is 9.28. The average molecular weight is 1260 g/mol. The van der Waals surface area contributed by atoms with E-state index in [0.717, 1.165) is 11.1 Å². The van der Waals surface area contributed by atoms with Crippen LogP contribution >= 0.6 is 15.8 Å². The minimum Gasteiger partial charge on any atom is -0.366 e. The van der Waals surface area contributed by atoms with E-state index in [2.05, 4.69) is 232 Å². The van der Waals surface area contributed by atoms with Crippen molar-refractivity contribution in [1.29, 1.82) is 0 Å². The van der Waals surface area contributed by atoms with Crippen molar-refractivity contribution in [3.8, 4) is 34.1 Å². The fraction of sp³-hybridized carbons (Fsp3) is 0.103. The maximum atomic E-state index is 7.26. The molecule has 0 amide bonds. The monoisotopic (exact) mass is 1260 g/mol. The first kappa shape index (κ1) is 49.1. The predicted molar refractivity (Wildman–Crippen MR) is 280 cm³/mol. The van der Waals surface area contributed by atoms with Crippen LogP contribution in [0.5, 0.6) is 0 Å². The molecule has 8 aromatic carbocycles. The van der Waals surface area contributed by atoms with Crippen LogP contribution in [-0.2, 0) is 44.8 Å². The molecule has 64 heavy (non-hydrogen) atoms. The summed E-state index contributed by atoms with van der Waals surface area (Å²) in [4.78, 5) is 0. The van der Waals surface area contributed by atoms with E-state index in [1.54, 1.807) is 0 Å². The van der Waals surface area contributed by atoms with E-state index in [4.69, 9.17) is 12.8 Å². The molecular formula is C58H52Au2P2Si2+2. The molecule has 0 atom stereocenters. The third kappa shape index (κ3) is 10.5. The van der Waals surface area contributed by atoms with E-state index in [1.165, 1.54) is 76.5 Å². The Balaban J connectivity index is 0.000000165. The second-order valence-corrected chi connectivity index (χ2v) is 30.9. The van der Waals surface area contributed by atoms with Crippen molar-refractivity contribution < 1.29 is 44.8 Å². The molecule has 322 valence electrons. The third-order valence-corrected chi connectivity index (χ3v) is 25.8. The van der Waals surface area contributed by atoms with Crippen molar-refractivity contribution in [3.05, 3.63) is 230 Å². The Hall–Kier alpha value is -4.35. The van der Waals surface area contributed by atoms with Crippen LogP contribution in [0.2, 0.25) is 26.2 Å². The molecule has 0 bridgehead atoms. The van der Waals surface area contributed by atoms with Gasteiger partial charge >= 0.3 is 44.8 Å². The molecule has 0 N–H and O–H groups in total. The van der Waals surface area contributed by atoms with Crippen LogP contribution in [0.15, 0.2) is 206 Å². The van der Waals surface area contributed by atoms with E-state index < -0.39 is 32.0 Å². The number of rotatable bonds is 7. The molecule has 0 fully saturated rings. The topological polar surface area (TPSA) is 0 Å². The quantitative estimate of drug-likeness (QED) is 0.0647. The van der Waals surface area contributed by atoms with Gasteiger partial charge in [-0.2, -0.15) is 0 Å². The maximum absolute atomic E-state index is 7.26. The second-order valence-electron chi connectivity index (χ2n) is 17.0. The SMILES string of the molecule is [Au+].[Au+].[C-]#Cc1ccc2c(c1)[Si](C)(C)c1ccccc1-2.[C-]#Cc1ccc2c(c1)[Si](C)(C)c1ccccc1-2.c1ccc([PH+](CC[PH+](c2ccccc2)c2ccccc2)c2ccccc2)cc1. The van der Waals surface area contributed by atoms with Gasteiger partial charge in [-0.3, -0.25) is 11.8 Å². The van der Waals surface area contributed by atoms with Gasteiger partial charge in [0.25, 0.3) is 0 Å². The summed E-state index contributed by atoms with van der Waals surface area (Å²) in [7, 11) is -4.67. The van der Waals surface area contributed by atoms with Crippen molar-refractivity contribution in [2.24, 2.45) is 0 Å². The van der Waals surface area contributed by atoms with Gasteiger partial charge < -0.3 is 12.8 Å². The Morgan fingerprint density at radius 2 is 0.609 bits per heavy atom. The summed E-state index contributed by atoms with van der Waals surface area (Å²) < 4.78 is 0. The Labute approximate surface area is 418 Å². The van der Waals surface area contributed by atoms with Crippen LogP contribution in [-0.4, -0.2) is 28.5 Å². The molecule has 0 spiro atoms. The van der Waals surface area contributed by atoms with Crippen molar-refractivity contribution in [2.45, 2.75) is 26.2 Å². The minimum absolute atomic E-state index is 0. The molecule has 8 aromatic rings. The van der Waals surface area contributed by atoms with Crippen LogP contribution < -0.4 is 42.0 Å². The van der Waals surface area contributed by atoms with E-state index in [0.29, 0.717) is 0 Å². The van der Waals surface area contributed by atoms with Gasteiger partial charge in [-0.1, -0.05) is 170 Å².